The van der Waals surface area contributed by atoms with Crippen LogP contribution in [0.5, 0.6) is 0 Å². The summed E-state index contributed by atoms with van der Waals surface area (Å²) in [5, 5.41) is 10.7. The molecule has 0 radical (unpaired) electrons. The topological polar surface area (TPSA) is 61.0 Å². The molecule has 1 aromatic carbocycles. The van der Waals surface area contributed by atoms with Crippen LogP contribution < -0.4 is 5.32 Å². The lowest BCUT2D eigenvalue weighted by atomic mass is 9.87. The third kappa shape index (κ3) is 2.55. The van der Waals surface area contributed by atoms with Crippen LogP contribution in [0.4, 0.5) is 0 Å². The van der Waals surface area contributed by atoms with Gasteiger partial charge in [-0.05, 0) is 30.4 Å². The lowest BCUT2D eigenvalue weighted by molar-refractivity contribution is 0.0711. The molecule has 5 heteroatoms. The number of hydrogen-bond donors (Lipinski definition) is 2. The smallest absolute Gasteiger partial charge is 0.274 e. The quantitative estimate of drug-likeness (QED) is 0.887. The number of nitrogens with one attached hydrogen (secondary N) is 2. The number of aryl methyl sites for hydroxylation is 1. The maximum Gasteiger partial charge on any atom is 0.274 e. The fourth-order valence-electron chi connectivity index (χ4n) is 3.74. The summed E-state index contributed by atoms with van der Waals surface area (Å²) >= 11 is 0. The minimum Gasteiger partial charge on any atom is -0.337 e. The van der Waals surface area contributed by atoms with Gasteiger partial charge in [0.15, 0.2) is 5.69 Å². The van der Waals surface area contributed by atoms with E-state index < -0.39 is 0 Å². The summed E-state index contributed by atoms with van der Waals surface area (Å²) < 4.78 is 0. The molecule has 5 nitrogen and oxygen atoms in total. The van der Waals surface area contributed by atoms with Gasteiger partial charge in [-0.3, -0.25) is 9.89 Å². The molecule has 0 saturated heterocycles. The number of amides is 1. The molecule has 23 heavy (non-hydrogen) atoms. The van der Waals surface area contributed by atoms with Crippen molar-refractivity contribution in [3.8, 4) is 0 Å². The SMILES string of the molecule is CN(C(=O)c1n[nH]c2c1CNCC2)C1CCc2ccccc2C1. The number of aromatic nitrogens is 2. The zero-order valence-corrected chi connectivity index (χ0v) is 13.4. The molecule has 2 heterocycles. The summed E-state index contributed by atoms with van der Waals surface area (Å²) in [6.07, 6.45) is 3.90. The van der Waals surface area contributed by atoms with Gasteiger partial charge in [0.2, 0.25) is 0 Å². The number of rotatable bonds is 2. The minimum absolute atomic E-state index is 0.0376. The Morgan fingerprint density at radius 2 is 2.09 bits per heavy atom. The van der Waals surface area contributed by atoms with E-state index in [0.29, 0.717) is 5.69 Å². The van der Waals surface area contributed by atoms with E-state index in [-0.39, 0.29) is 11.9 Å². The predicted octanol–water partition coefficient (Wildman–Crippen LogP) is 1.68. The van der Waals surface area contributed by atoms with Gasteiger partial charge in [-0.2, -0.15) is 5.10 Å². The Morgan fingerprint density at radius 3 is 2.96 bits per heavy atom. The van der Waals surface area contributed by atoms with E-state index >= 15 is 0 Å². The fourth-order valence-corrected chi connectivity index (χ4v) is 3.74. The summed E-state index contributed by atoms with van der Waals surface area (Å²) in [5.41, 5.74) is 5.53. The second-order valence-electron chi connectivity index (χ2n) is 6.54. The summed E-state index contributed by atoms with van der Waals surface area (Å²) in [6, 6.07) is 8.81. The van der Waals surface area contributed by atoms with Crippen molar-refractivity contribution in [2.45, 2.75) is 38.3 Å². The largest absolute Gasteiger partial charge is 0.337 e. The molecule has 1 atom stereocenters. The van der Waals surface area contributed by atoms with Crippen LogP contribution in [0.25, 0.3) is 0 Å². The molecule has 0 spiro atoms. The highest BCUT2D eigenvalue weighted by molar-refractivity contribution is 5.94. The number of carbonyl (C=O) groups is 1. The van der Waals surface area contributed by atoms with E-state index in [1.807, 2.05) is 11.9 Å². The number of H-pyrrole nitrogens is 1. The first-order valence-corrected chi connectivity index (χ1v) is 8.35. The Hall–Kier alpha value is -2.14. The van der Waals surface area contributed by atoms with Crippen molar-refractivity contribution in [2.24, 2.45) is 0 Å². The van der Waals surface area contributed by atoms with Crippen LogP contribution in [-0.2, 0) is 25.8 Å². The molecule has 1 aromatic heterocycles. The van der Waals surface area contributed by atoms with E-state index in [2.05, 4.69) is 39.8 Å². The molecule has 2 aliphatic rings. The van der Waals surface area contributed by atoms with Crippen molar-refractivity contribution >= 4 is 5.91 Å². The first-order chi connectivity index (χ1) is 11.2. The van der Waals surface area contributed by atoms with Crippen molar-refractivity contribution < 1.29 is 4.79 Å². The number of fused-ring (bicyclic) bond motifs is 2. The van der Waals surface area contributed by atoms with Gasteiger partial charge in [0.1, 0.15) is 0 Å². The molecule has 1 amide bonds. The first kappa shape index (κ1) is 14.5. The summed E-state index contributed by atoms with van der Waals surface area (Å²) in [6.45, 7) is 1.67. The van der Waals surface area contributed by atoms with E-state index in [0.717, 1.165) is 50.0 Å². The highest BCUT2D eigenvalue weighted by Gasteiger charge is 2.29. The van der Waals surface area contributed by atoms with Gasteiger partial charge >= 0.3 is 0 Å². The molecule has 2 aromatic rings. The Kier molecular flexibility index (Phi) is 3.65. The van der Waals surface area contributed by atoms with Crippen molar-refractivity contribution in [1.29, 1.82) is 0 Å². The zero-order valence-electron chi connectivity index (χ0n) is 13.4. The predicted molar refractivity (Wildman–Crippen MR) is 88.3 cm³/mol. The third-order valence-electron chi connectivity index (χ3n) is 5.20. The Bertz CT molecular complexity index is 736. The van der Waals surface area contributed by atoms with Gasteiger partial charge in [0.05, 0.1) is 0 Å². The van der Waals surface area contributed by atoms with Gasteiger partial charge in [-0.25, -0.2) is 0 Å². The van der Waals surface area contributed by atoms with Crippen molar-refractivity contribution in [2.75, 3.05) is 13.6 Å². The number of carbonyl (C=O) groups excluding carboxylic acids is 1. The standard InChI is InChI=1S/C18H22N4O/c1-22(14-7-6-12-4-2-3-5-13(12)10-14)18(23)17-15-11-19-9-8-16(15)20-21-17/h2-5,14,19H,6-11H2,1H3,(H,20,21). The average molecular weight is 310 g/mol. The lowest BCUT2D eigenvalue weighted by Gasteiger charge is -2.32. The molecule has 0 bridgehead atoms. The van der Waals surface area contributed by atoms with E-state index in [9.17, 15) is 4.79 Å². The van der Waals surface area contributed by atoms with Crippen LogP contribution in [0.1, 0.15) is 39.3 Å². The van der Waals surface area contributed by atoms with Gasteiger partial charge < -0.3 is 10.2 Å². The fraction of sp³-hybridized carbons (Fsp3) is 0.444. The van der Waals surface area contributed by atoms with E-state index in [1.54, 1.807) is 0 Å². The summed E-state index contributed by atoms with van der Waals surface area (Å²) in [5.74, 6) is 0.0376. The lowest BCUT2D eigenvalue weighted by Crippen LogP contribution is -2.41. The molecular weight excluding hydrogens is 288 g/mol. The highest BCUT2D eigenvalue weighted by atomic mass is 16.2. The molecule has 1 unspecified atom stereocenters. The number of hydrogen-bond acceptors (Lipinski definition) is 3. The maximum absolute atomic E-state index is 12.9. The molecule has 4 rings (SSSR count). The molecule has 120 valence electrons. The Labute approximate surface area is 136 Å². The first-order valence-electron chi connectivity index (χ1n) is 8.35. The van der Waals surface area contributed by atoms with Crippen LogP contribution in [0.2, 0.25) is 0 Å². The van der Waals surface area contributed by atoms with Crippen molar-refractivity contribution in [3.63, 3.8) is 0 Å². The number of benzene rings is 1. The normalized spacial score (nSPS) is 19.8. The minimum atomic E-state index is 0.0376. The molecule has 0 fully saturated rings. The van der Waals surface area contributed by atoms with Gasteiger partial charge in [0.25, 0.3) is 5.91 Å². The number of likely N-dealkylation sites (N-methyl/N-ethyl adjacent to an activating group) is 1. The van der Waals surface area contributed by atoms with Gasteiger partial charge in [-0.15, -0.1) is 0 Å². The summed E-state index contributed by atoms with van der Waals surface area (Å²) in [4.78, 5) is 14.8. The highest BCUT2D eigenvalue weighted by Crippen LogP contribution is 2.25. The van der Waals surface area contributed by atoms with E-state index in [1.165, 1.54) is 11.1 Å². The molecule has 1 aliphatic heterocycles. The Morgan fingerprint density at radius 1 is 1.26 bits per heavy atom. The van der Waals surface area contributed by atoms with Crippen molar-refractivity contribution in [3.05, 3.63) is 52.3 Å². The third-order valence-corrected chi connectivity index (χ3v) is 5.20. The summed E-state index contributed by atoms with van der Waals surface area (Å²) in [7, 11) is 1.91. The van der Waals surface area contributed by atoms with Crippen LogP contribution in [0.3, 0.4) is 0 Å². The average Bonchev–Trinajstić information content (AvgIpc) is 3.04. The van der Waals surface area contributed by atoms with E-state index in [4.69, 9.17) is 0 Å². The second kappa shape index (κ2) is 5.81. The molecule has 0 saturated carbocycles. The van der Waals surface area contributed by atoms with Gasteiger partial charge in [-0.1, -0.05) is 24.3 Å². The second-order valence-corrected chi connectivity index (χ2v) is 6.54. The van der Waals surface area contributed by atoms with Crippen LogP contribution in [-0.4, -0.2) is 40.6 Å². The Balaban J connectivity index is 1.54. The van der Waals surface area contributed by atoms with Crippen LogP contribution in [0.15, 0.2) is 24.3 Å². The zero-order chi connectivity index (χ0) is 15.8. The number of aromatic amines is 1. The van der Waals surface area contributed by atoms with Gasteiger partial charge in [0, 0.05) is 43.9 Å². The molecule has 1 aliphatic carbocycles. The maximum atomic E-state index is 12.9. The van der Waals surface area contributed by atoms with Crippen LogP contribution in [0, 0.1) is 0 Å². The number of nitrogens with zero attached hydrogens (tertiary/aromatic N) is 2. The van der Waals surface area contributed by atoms with Crippen LogP contribution >= 0.6 is 0 Å². The molecule has 2 N–H and O–H groups in total. The van der Waals surface area contributed by atoms with Crippen molar-refractivity contribution in [1.82, 2.24) is 20.4 Å². The monoisotopic (exact) mass is 310 g/mol. The molecular formula is C18H22N4O.